The van der Waals surface area contributed by atoms with Crippen LogP contribution in [0.15, 0.2) is 48.5 Å². The summed E-state index contributed by atoms with van der Waals surface area (Å²) < 4.78 is 23.0. The molecule has 1 saturated heterocycles. The zero-order chi connectivity index (χ0) is 20.8. The molecular formula is C21H21FN2O5. The fourth-order valence-electron chi connectivity index (χ4n) is 3.01. The van der Waals surface area contributed by atoms with E-state index in [0.29, 0.717) is 37.3 Å². The van der Waals surface area contributed by atoms with Crippen LogP contribution in [0.1, 0.15) is 27.6 Å². The van der Waals surface area contributed by atoms with E-state index in [0.717, 1.165) is 0 Å². The van der Waals surface area contributed by atoms with E-state index in [-0.39, 0.29) is 24.2 Å². The van der Waals surface area contributed by atoms with Crippen LogP contribution in [0.3, 0.4) is 0 Å². The van der Waals surface area contributed by atoms with Crippen molar-refractivity contribution in [1.29, 1.82) is 0 Å². The largest absolute Gasteiger partial charge is 0.513 e. The van der Waals surface area contributed by atoms with Gasteiger partial charge in [-0.25, -0.2) is 9.18 Å². The molecular weight excluding hydrogens is 379 g/mol. The predicted octanol–water partition coefficient (Wildman–Crippen LogP) is 2.96. The zero-order valence-corrected chi connectivity index (χ0v) is 16.0. The van der Waals surface area contributed by atoms with Crippen LogP contribution in [0.2, 0.25) is 0 Å². The Morgan fingerprint density at radius 1 is 0.897 bits per heavy atom. The van der Waals surface area contributed by atoms with Crippen LogP contribution >= 0.6 is 0 Å². The highest BCUT2D eigenvalue weighted by Crippen LogP contribution is 2.16. The molecule has 0 atom stereocenters. The Hall–Kier alpha value is -3.42. The van der Waals surface area contributed by atoms with Gasteiger partial charge in [0.2, 0.25) is 0 Å². The lowest BCUT2D eigenvalue weighted by atomic mass is 10.1. The number of hydrogen-bond acceptors (Lipinski definition) is 5. The van der Waals surface area contributed by atoms with Gasteiger partial charge < -0.3 is 19.3 Å². The van der Waals surface area contributed by atoms with Gasteiger partial charge in [-0.15, -0.1) is 0 Å². The van der Waals surface area contributed by atoms with Crippen molar-refractivity contribution in [2.75, 3.05) is 32.8 Å². The predicted molar refractivity (Wildman–Crippen MR) is 102 cm³/mol. The van der Waals surface area contributed by atoms with Crippen molar-refractivity contribution in [3.8, 4) is 5.75 Å². The first kappa shape index (κ1) is 20.3. The molecule has 8 heteroatoms. The molecule has 0 bridgehead atoms. The molecule has 0 N–H and O–H groups in total. The van der Waals surface area contributed by atoms with E-state index in [1.54, 1.807) is 34.9 Å². The topological polar surface area (TPSA) is 76.2 Å². The van der Waals surface area contributed by atoms with Gasteiger partial charge in [-0.1, -0.05) is 6.07 Å². The van der Waals surface area contributed by atoms with Crippen LogP contribution in [0.4, 0.5) is 9.18 Å². The van der Waals surface area contributed by atoms with E-state index in [1.165, 1.54) is 30.3 Å². The number of rotatable bonds is 4. The minimum atomic E-state index is -0.800. The second-order valence-corrected chi connectivity index (χ2v) is 6.40. The zero-order valence-electron chi connectivity index (χ0n) is 16.0. The average molecular weight is 400 g/mol. The molecule has 0 aliphatic carbocycles. The summed E-state index contributed by atoms with van der Waals surface area (Å²) in [5, 5.41) is 0. The van der Waals surface area contributed by atoms with Crippen LogP contribution in [0.5, 0.6) is 5.75 Å². The van der Waals surface area contributed by atoms with Gasteiger partial charge in [-0.3, -0.25) is 9.59 Å². The molecule has 29 heavy (non-hydrogen) atoms. The molecule has 3 rings (SSSR count). The highest BCUT2D eigenvalue weighted by Gasteiger charge is 2.25. The van der Waals surface area contributed by atoms with Gasteiger partial charge in [0.05, 0.1) is 6.61 Å². The van der Waals surface area contributed by atoms with Crippen LogP contribution < -0.4 is 4.74 Å². The lowest BCUT2D eigenvalue weighted by Crippen LogP contribution is -2.50. The van der Waals surface area contributed by atoms with Crippen LogP contribution in [0.25, 0.3) is 0 Å². The normalized spacial score (nSPS) is 13.7. The number of nitrogens with zero attached hydrogens (tertiary/aromatic N) is 2. The number of carbonyl (C=O) groups excluding carboxylic acids is 3. The summed E-state index contributed by atoms with van der Waals surface area (Å²) in [7, 11) is 0. The highest BCUT2D eigenvalue weighted by atomic mass is 19.1. The second kappa shape index (κ2) is 9.18. The Kier molecular flexibility index (Phi) is 6.43. The molecule has 1 aliphatic rings. The maximum atomic E-state index is 13.3. The molecule has 152 valence electrons. The van der Waals surface area contributed by atoms with Gasteiger partial charge in [0.1, 0.15) is 11.6 Å². The summed E-state index contributed by atoms with van der Waals surface area (Å²) in [4.78, 5) is 39.7. The molecule has 0 saturated carbocycles. The Balaban J connectivity index is 1.56. The quantitative estimate of drug-likeness (QED) is 0.583. The smallest absolute Gasteiger partial charge is 0.434 e. The summed E-state index contributed by atoms with van der Waals surface area (Å²) in [5.74, 6) is -0.604. The van der Waals surface area contributed by atoms with Gasteiger partial charge in [-0.2, -0.15) is 0 Å². The maximum Gasteiger partial charge on any atom is 0.513 e. The van der Waals surface area contributed by atoms with Crippen LogP contribution in [0, 0.1) is 5.82 Å². The molecule has 1 heterocycles. The van der Waals surface area contributed by atoms with Gasteiger partial charge in [0.25, 0.3) is 11.8 Å². The molecule has 2 aromatic rings. The molecule has 2 amide bonds. The van der Waals surface area contributed by atoms with Crippen molar-refractivity contribution in [2.45, 2.75) is 6.92 Å². The van der Waals surface area contributed by atoms with E-state index < -0.39 is 12.0 Å². The maximum absolute atomic E-state index is 13.3. The van der Waals surface area contributed by atoms with Gasteiger partial charge in [-0.05, 0) is 49.4 Å². The molecule has 0 unspecified atom stereocenters. The first-order valence-electron chi connectivity index (χ1n) is 9.26. The lowest BCUT2D eigenvalue weighted by molar-refractivity contribution is 0.0535. The number of ether oxygens (including phenoxy) is 2. The minimum Gasteiger partial charge on any atom is -0.434 e. The number of benzene rings is 2. The first-order chi connectivity index (χ1) is 14.0. The third kappa shape index (κ3) is 5.10. The molecule has 1 fully saturated rings. The van der Waals surface area contributed by atoms with E-state index in [2.05, 4.69) is 0 Å². The Labute approximate surface area is 167 Å². The summed E-state index contributed by atoms with van der Waals surface area (Å²) in [6.45, 7) is 3.37. The molecule has 0 aromatic heterocycles. The van der Waals surface area contributed by atoms with Crippen molar-refractivity contribution < 1.29 is 28.2 Å². The van der Waals surface area contributed by atoms with E-state index in [4.69, 9.17) is 9.47 Å². The fraction of sp³-hybridized carbons (Fsp3) is 0.286. The monoisotopic (exact) mass is 400 g/mol. The van der Waals surface area contributed by atoms with Crippen LogP contribution in [-0.4, -0.2) is 60.6 Å². The first-order valence-corrected chi connectivity index (χ1v) is 9.26. The molecule has 2 aromatic carbocycles. The Morgan fingerprint density at radius 3 is 2.03 bits per heavy atom. The van der Waals surface area contributed by atoms with Gasteiger partial charge >= 0.3 is 6.16 Å². The van der Waals surface area contributed by atoms with E-state index in [1.807, 2.05) is 0 Å². The number of halogens is 1. The summed E-state index contributed by atoms with van der Waals surface area (Å²) in [6, 6.07) is 11.8. The molecule has 1 aliphatic heterocycles. The number of amides is 2. The van der Waals surface area contributed by atoms with Crippen molar-refractivity contribution >= 4 is 18.0 Å². The average Bonchev–Trinajstić information content (AvgIpc) is 2.73. The second-order valence-electron chi connectivity index (χ2n) is 6.40. The van der Waals surface area contributed by atoms with Gasteiger partial charge in [0.15, 0.2) is 0 Å². The molecule has 0 spiro atoms. The third-order valence-electron chi connectivity index (χ3n) is 4.49. The highest BCUT2D eigenvalue weighted by molar-refractivity contribution is 5.96. The molecule has 7 nitrogen and oxygen atoms in total. The Morgan fingerprint density at radius 2 is 1.48 bits per heavy atom. The summed E-state index contributed by atoms with van der Waals surface area (Å²) in [6.07, 6.45) is -0.800. The van der Waals surface area contributed by atoms with Gasteiger partial charge in [0, 0.05) is 37.3 Å². The van der Waals surface area contributed by atoms with Crippen molar-refractivity contribution in [3.63, 3.8) is 0 Å². The summed E-state index contributed by atoms with van der Waals surface area (Å²) in [5.41, 5.74) is 0.744. The van der Waals surface area contributed by atoms with E-state index in [9.17, 15) is 18.8 Å². The number of piperazine rings is 1. The standard InChI is InChI=1S/C21H21FN2O5/c1-2-28-21(27)29-18-8-6-15(7-9-18)19(25)23-10-12-24(13-11-23)20(26)16-4-3-5-17(22)14-16/h3-9,14H,2,10-13H2,1H3. The van der Waals surface area contributed by atoms with Crippen molar-refractivity contribution in [1.82, 2.24) is 9.80 Å². The van der Waals surface area contributed by atoms with Crippen molar-refractivity contribution in [3.05, 3.63) is 65.5 Å². The molecule has 0 radical (unpaired) electrons. The number of carbonyl (C=O) groups is 3. The fourth-order valence-corrected chi connectivity index (χ4v) is 3.01. The van der Waals surface area contributed by atoms with Crippen LogP contribution in [-0.2, 0) is 4.74 Å². The Bertz CT molecular complexity index is 892. The summed E-state index contributed by atoms with van der Waals surface area (Å²) >= 11 is 0. The lowest BCUT2D eigenvalue weighted by Gasteiger charge is -2.34. The van der Waals surface area contributed by atoms with Crippen molar-refractivity contribution in [2.24, 2.45) is 0 Å². The SMILES string of the molecule is CCOC(=O)Oc1ccc(C(=O)N2CCN(C(=O)c3cccc(F)c3)CC2)cc1. The minimum absolute atomic E-state index is 0.175. The number of hydrogen-bond donors (Lipinski definition) is 0. The third-order valence-corrected chi connectivity index (χ3v) is 4.49. The van der Waals surface area contributed by atoms with E-state index >= 15 is 0 Å².